The Hall–Kier alpha value is -2.78. The predicted octanol–water partition coefficient (Wildman–Crippen LogP) is 3.93. The molecule has 1 aliphatic rings. The zero-order chi connectivity index (χ0) is 26.1. The van der Waals surface area contributed by atoms with E-state index in [1.54, 1.807) is 0 Å². The van der Waals surface area contributed by atoms with Crippen LogP contribution >= 0.6 is 24.0 Å². The van der Waals surface area contributed by atoms with E-state index in [2.05, 4.69) is 30.5 Å². The summed E-state index contributed by atoms with van der Waals surface area (Å²) >= 11 is 6.31. The Morgan fingerprint density at radius 1 is 1.19 bits per heavy atom. The first kappa shape index (κ1) is 28.8. The third kappa shape index (κ3) is 6.57. The van der Waals surface area contributed by atoms with Crippen molar-refractivity contribution in [3.8, 4) is 16.9 Å². The maximum Gasteiger partial charge on any atom is 0.417 e. The molecule has 0 amide bonds. The maximum absolute atomic E-state index is 14.1. The number of H-pyrrole nitrogens is 1. The van der Waals surface area contributed by atoms with Crippen LogP contribution in [-0.4, -0.2) is 49.8 Å². The second-order valence-corrected chi connectivity index (χ2v) is 10.1. The number of sulfonamides is 1. The zero-order valence-corrected chi connectivity index (χ0v) is 21.7. The van der Waals surface area contributed by atoms with Crippen LogP contribution in [0, 0.1) is 0 Å². The largest absolute Gasteiger partial charge is 0.495 e. The van der Waals surface area contributed by atoms with Gasteiger partial charge in [-0.3, -0.25) is 0 Å². The van der Waals surface area contributed by atoms with Gasteiger partial charge in [0.25, 0.3) is 0 Å². The second kappa shape index (κ2) is 11.3. The minimum absolute atomic E-state index is 0. The van der Waals surface area contributed by atoms with Crippen LogP contribution in [0.2, 0.25) is 5.02 Å². The van der Waals surface area contributed by atoms with E-state index in [0.29, 0.717) is 25.9 Å². The van der Waals surface area contributed by atoms with Gasteiger partial charge in [0.05, 0.1) is 17.7 Å². The summed E-state index contributed by atoms with van der Waals surface area (Å²) in [6.07, 6.45) is -3.56. The lowest BCUT2D eigenvalue weighted by Gasteiger charge is -2.24. The number of rotatable bonds is 7. The summed E-state index contributed by atoms with van der Waals surface area (Å²) in [5.41, 5.74) is 4.07. The summed E-state index contributed by atoms with van der Waals surface area (Å²) in [5, 5.41) is 11.6. The zero-order valence-electron chi connectivity index (χ0n) is 19.3. The Morgan fingerprint density at radius 2 is 1.89 bits per heavy atom. The average molecular weight is 582 g/mol. The number of halogens is 5. The Balaban J connectivity index is 0.00000380. The highest BCUT2D eigenvalue weighted by Crippen LogP contribution is 2.44. The Labute approximate surface area is 222 Å². The molecule has 37 heavy (non-hydrogen) atoms. The lowest BCUT2D eigenvalue weighted by molar-refractivity contribution is -0.137. The first-order chi connectivity index (χ1) is 17.0. The minimum atomic E-state index is -4.79. The number of alkyl halides is 3. The fourth-order valence-electron chi connectivity index (χ4n) is 3.92. The molecule has 2 aromatic carbocycles. The fraction of sp³-hybridized carbons (Fsp3) is 0.333. The van der Waals surface area contributed by atoms with Gasteiger partial charge in [0.2, 0.25) is 21.9 Å². The number of nitrogens with two attached hydrogens (primary N) is 1. The van der Waals surface area contributed by atoms with E-state index in [4.69, 9.17) is 22.1 Å². The normalized spacial score (nSPS) is 14.7. The molecule has 3 aromatic rings. The predicted molar refractivity (Wildman–Crippen MR) is 136 cm³/mol. The number of aromatic amines is 1. The Morgan fingerprint density at radius 3 is 2.49 bits per heavy atom. The van der Waals surface area contributed by atoms with E-state index < -0.39 is 21.8 Å². The molecule has 2 heterocycles. The standard InChI is InChI=1S/C21H23ClF3N7O3S.ClH/c1-35-16-8-11(2-3-17(16)36(33,34)32-12-4-6-27-7-5-12)18-14(21(23,24)25)9-13(10-15(18)22)28-20-29-19(26)30-31-20;/h2-3,8-10,12,27,32H,4-7H2,1H3,(H4,26,28,29,30,31);1H. The van der Waals surface area contributed by atoms with Gasteiger partial charge in [-0.15, -0.1) is 17.5 Å². The summed E-state index contributed by atoms with van der Waals surface area (Å²) in [5.74, 6) is -0.175. The summed E-state index contributed by atoms with van der Waals surface area (Å²) in [6.45, 7) is 1.35. The number of nitrogens with zero attached hydrogens (tertiary/aromatic N) is 2. The van der Waals surface area contributed by atoms with Crippen LogP contribution in [0.4, 0.5) is 30.8 Å². The highest BCUT2D eigenvalue weighted by atomic mass is 35.5. The van der Waals surface area contributed by atoms with Gasteiger partial charge in [0, 0.05) is 17.3 Å². The number of benzene rings is 2. The van der Waals surface area contributed by atoms with Crippen LogP contribution in [0.1, 0.15) is 18.4 Å². The van der Waals surface area contributed by atoms with Crippen molar-refractivity contribution in [1.82, 2.24) is 25.2 Å². The monoisotopic (exact) mass is 581 g/mol. The van der Waals surface area contributed by atoms with Crippen molar-refractivity contribution in [2.75, 3.05) is 31.2 Å². The summed E-state index contributed by atoms with van der Waals surface area (Å²) in [6, 6.07) is 5.55. The molecule has 6 N–H and O–H groups in total. The molecule has 10 nitrogen and oxygen atoms in total. The molecule has 1 aliphatic heterocycles. The van der Waals surface area contributed by atoms with E-state index in [9.17, 15) is 21.6 Å². The first-order valence-corrected chi connectivity index (χ1v) is 12.6. The summed E-state index contributed by atoms with van der Waals surface area (Å²) < 4.78 is 76.1. The number of methoxy groups -OCH3 is 1. The van der Waals surface area contributed by atoms with Crippen molar-refractivity contribution in [1.29, 1.82) is 0 Å². The Kier molecular flexibility index (Phi) is 8.80. The van der Waals surface area contributed by atoms with Crippen LogP contribution in [0.3, 0.4) is 0 Å². The molecule has 16 heteroatoms. The van der Waals surface area contributed by atoms with Gasteiger partial charge in [0.1, 0.15) is 10.6 Å². The number of anilines is 3. The van der Waals surface area contributed by atoms with E-state index in [1.165, 1.54) is 31.4 Å². The SMILES string of the molecule is COc1cc(-c2c(Cl)cc(Nc3n[nH]c(N)n3)cc2C(F)(F)F)ccc1S(=O)(=O)NC1CCNCC1.Cl. The maximum atomic E-state index is 14.1. The van der Waals surface area contributed by atoms with E-state index in [1.807, 2.05) is 0 Å². The first-order valence-electron chi connectivity index (χ1n) is 10.7. The number of aromatic nitrogens is 3. The molecule has 0 unspecified atom stereocenters. The number of hydrogen-bond donors (Lipinski definition) is 5. The molecule has 0 spiro atoms. The van der Waals surface area contributed by atoms with Crippen molar-refractivity contribution in [3.63, 3.8) is 0 Å². The molecule has 0 radical (unpaired) electrons. The van der Waals surface area contributed by atoms with Gasteiger partial charge in [-0.05, 0) is 55.8 Å². The van der Waals surface area contributed by atoms with Crippen LogP contribution in [-0.2, 0) is 16.2 Å². The van der Waals surface area contributed by atoms with Gasteiger partial charge < -0.3 is 21.1 Å². The average Bonchev–Trinajstić information content (AvgIpc) is 3.22. The lowest BCUT2D eigenvalue weighted by Crippen LogP contribution is -2.42. The van der Waals surface area contributed by atoms with E-state index in [0.717, 1.165) is 6.07 Å². The molecule has 0 aliphatic carbocycles. The lowest BCUT2D eigenvalue weighted by atomic mass is 9.98. The van der Waals surface area contributed by atoms with Gasteiger partial charge >= 0.3 is 6.18 Å². The van der Waals surface area contributed by atoms with Gasteiger partial charge in [-0.25, -0.2) is 18.2 Å². The Bertz CT molecular complexity index is 1360. The number of ether oxygens (including phenoxy) is 1. The van der Waals surface area contributed by atoms with Gasteiger partial charge in [-0.2, -0.15) is 18.2 Å². The summed E-state index contributed by atoms with van der Waals surface area (Å²) in [4.78, 5) is 3.62. The van der Waals surface area contributed by atoms with Crippen LogP contribution < -0.4 is 25.8 Å². The molecule has 202 valence electrons. The van der Waals surface area contributed by atoms with Crippen molar-refractivity contribution in [2.24, 2.45) is 0 Å². The summed E-state index contributed by atoms with van der Waals surface area (Å²) in [7, 11) is -2.74. The van der Waals surface area contributed by atoms with Crippen LogP contribution in [0.5, 0.6) is 5.75 Å². The van der Waals surface area contributed by atoms with Gasteiger partial charge in [0.15, 0.2) is 0 Å². The fourth-order valence-corrected chi connectivity index (χ4v) is 5.71. The van der Waals surface area contributed by atoms with Crippen molar-refractivity contribution >= 4 is 51.6 Å². The third-order valence-corrected chi connectivity index (χ3v) is 7.42. The van der Waals surface area contributed by atoms with Gasteiger partial charge in [-0.1, -0.05) is 17.7 Å². The topological polar surface area (TPSA) is 147 Å². The molecular formula is C21H24Cl2F3N7O3S. The van der Waals surface area contributed by atoms with Crippen molar-refractivity contribution in [2.45, 2.75) is 30.0 Å². The number of piperidine rings is 1. The van der Waals surface area contributed by atoms with E-state index in [-0.39, 0.29) is 62.8 Å². The molecule has 4 rings (SSSR count). The minimum Gasteiger partial charge on any atom is -0.495 e. The number of hydrogen-bond acceptors (Lipinski definition) is 8. The number of nitrogen functional groups attached to an aromatic ring is 1. The highest BCUT2D eigenvalue weighted by Gasteiger charge is 2.36. The highest BCUT2D eigenvalue weighted by molar-refractivity contribution is 7.89. The third-order valence-electron chi connectivity index (χ3n) is 5.56. The molecule has 0 bridgehead atoms. The quantitative estimate of drug-likeness (QED) is 0.282. The molecule has 0 atom stereocenters. The van der Waals surface area contributed by atoms with Crippen LogP contribution in [0.15, 0.2) is 35.2 Å². The molecule has 0 saturated carbocycles. The molecule has 1 fully saturated rings. The molecule has 1 saturated heterocycles. The van der Waals surface area contributed by atoms with Crippen molar-refractivity contribution < 1.29 is 26.3 Å². The smallest absolute Gasteiger partial charge is 0.417 e. The van der Waals surface area contributed by atoms with Crippen LogP contribution in [0.25, 0.3) is 11.1 Å². The molecule has 1 aromatic heterocycles. The molecular weight excluding hydrogens is 558 g/mol. The van der Waals surface area contributed by atoms with E-state index >= 15 is 0 Å². The second-order valence-electron chi connectivity index (χ2n) is 8.06. The number of nitrogens with one attached hydrogen (secondary N) is 4. The van der Waals surface area contributed by atoms with Crippen molar-refractivity contribution in [3.05, 3.63) is 40.9 Å².